The monoisotopic (exact) mass is 344 g/mol. The Labute approximate surface area is 146 Å². The highest BCUT2D eigenvalue weighted by Gasteiger charge is 2.16. The van der Waals surface area contributed by atoms with Crippen LogP contribution in [0.4, 0.5) is 0 Å². The van der Waals surface area contributed by atoms with E-state index in [1.54, 1.807) is 36.4 Å². The van der Waals surface area contributed by atoms with E-state index in [-0.39, 0.29) is 18.6 Å². The number of carboxylic acid groups (broad SMARTS) is 1. The van der Waals surface area contributed by atoms with Crippen LogP contribution in [-0.4, -0.2) is 38.2 Å². The fraction of sp³-hybridized carbons (Fsp3) is 0.263. The third-order valence-corrected chi connectivity index (χ3v) is 3.77. The molecule has 2 aromatic rings. The number of Topliss-reactive ketones (excluding diaryl/α,β-unsaturated/α-hetero) is 1. The number of carbonyl (C=O) groups is 2. The maximum absolute atomic E-state index is 12.7. The first-order chi connectivity index (χ1) is 12.0. The fourth-order valence-electron chi connectivity index (χ4n) is 2.55. The van der Waals surface area contributed by atoms with Gasteiger partial charge in [0.05, 0.1) is 27.8 Å². The summed E-state index contributed by atoms with van der Waals surface area (Å²) in [6, 6.07) is 10.1. The summed E-state index contributed by atoms with van der Waals surface area (Å²) in [7, 11) is 4.56. The molecule has 2 aromatic carbocycles. The summed E-state index contributed by atoms with van der Waals surface area (Å²) in [6.45, 7) is 0. The van der Waals surface area contributed by atoms with Gasteiger partial charge in [0.15, 0.2) is 17.3 Å². The van der Waals surface area contributed by atoms with E-state index in [2.05, 4.69) is 0 Å². The summed E-state index contributed by atoms with van der Waals surface area (Å²) < 4.78 is 15.5. The molecule has 0 saturated carbocycles. The molecule has 2 rings (SSSR count). The second kappa shape index (κ2) is 8.19. The van der Waals surface area contributed by atoms with Crippen LogP contribution in [-0.2, 0) is 17.6 Å². The molecule has 6 heteroatoms. The van der Waals surface area contributed by atoms with Crippen LogP contribution >= 0.6 is 0 Å². The summed E-state index contributed by atoms with van der Waals surface area (Å²) in [5.74, 6) is 0.446. The molecule has 0 spiro atoms. The second-order valence-electron chi connectivity index (χ2n) is 5.38. The minimum atomic E-state index is -1.01. The van der Waals surface area contributed by atoms with Crippen LogP contribution in [0.25, 0.3) is 0 Å². The van der Waals surface area contributed by atoms with E-state index >= 15 is 0 Å². The van der Waals surface area contributed by atoms with Gasteiger partial charge in [0.25, 0.3) is 0 Å². The van der Waals surface area contributed by atoms with Crippen LogP contribution in [0, 0.1) is 0 Å². The first-order valence-electron chi connectivity index (χ1n) is 7.61. The average Bonchev–Trinajstić information content (AvgIpc) is 2.60. The molecule has 0 aliphatic heterocycles. The Bertz CT molecular complexity index is 781. The van der Waals surface area contributed by atoms with Gasteiger partial charge in [0.2, 0.25) is 0 Å². The maximum Gasteiger partial charge on any atom is 0.307 e. The van der Waals surface area contributed by atoms with E-state index in [4.69, 9.17) is 19.3 Å². The van der Waals surface area contributed by atoms with Gasteiger partial charge in [-0.3, -0.25) is 9.59 Å². The van der Waals surface area contributed by atoms with Crippen molar-refractivity contribution in [1.82, 2.24) is 0 Å². The Kier molecular flexibility index (Phi) is 6.00. The summed E-state index contributed by atoms with van der Waals surface area (Å²) in [6.07, 6.45) is -0.122. The molecule has 0 bridgehead atoms. The van der Waals surface area contributed by atoms with E-state index in [0.29, 0.717) is 28.4 Å². The highest BCUT2D eigenvalue weighted by Crippen LogP contribution is 2.28. The minimum Gasteiger partial charge on any atom is -0.497 e. The van der Waals surface area contributed by atoms with Crippen LogP contribution in [0.5, 0.6) is 17.2 Å². The van der Waals surface area contributed by atoms with Crippen molar-refractivity contribution >= 4 is 11.8 Å². The molecule has 0 radical (unpaired) electrons. The van der Waals surface area contributed by atoms with Gasteiger partial charge in [0.1, 0.15) is 5.75 Å². The molecule has 0 atom stereocenters. The van der Waals surface area contributed by atoms with Crippen molar-refractivity contribution in [3.8, 4) is 17.2 Å². The van der Waals surface area contributed by atoms with Gasteiger partial charge >= 0.3 is 5.97 Å². The zero-order chi connectivity index (χ0) is 18.4. The molecule has 0 aliphatic rings. The Balaban J connectivity index is 2.30. The molecule has 0 saturated heterocycles. The highest BCUT2D eigenvalue weighted by molar-refractivity contribution is 5.99. The van der Waals surface area contributed by atoms with Crippen LogP contribution in [0.2, 0.25) is 0 Å². The average molecular weight is 344 g/mol. The van der Waals surface area contributed by atoms with E-state index in [0.717, 1.165) is 5.56 Å². The lowest BCUT2D eigenvalue weighted by Gasteiger charge is -2.11. The van der Waals surface area contributed by atoms with Gasteiger partial charge in [-0.25, -0.2) is 0 Å². The molecule has 0 aromatic heterocycles. The number of carboxylic acids is 1. The maximum atomic E-state index is 12.7. The van der Waals surface area contributed by atoms with Gasteiger partial charge < -0.3 is 19.3 Å². The Hall–Kier alpha value is -3.02. The largest absolute Gasteiger partial charge is 0.497 e. The van der Waals surface area contributed by atoms with E-state index in [9.17, 15) is 9.59 Å². The molecule has 0 amide bonds. The molecular formula is C19H20O6. The number of hydrogen-bond acceptors (Lipinski definition) is 5. The lowest BCUT2D eigenvalue weighted by molar-refractivity contribution is -0.136. The molecule has 0 fully saturated rings. The number of ketones is 1. The number of carbonyl (C=O) groups excluding carboxylic acids is 1. The molecular weight excluding hydrogens is 324 g/mol. The number of hydrogen-bond donors (Lipinski definition) is 1. The number of ether oxygens (including phenoxy) is 3. The Morgan fingerprint density at radius 2 is 1.60 bits per heavy atom. The summed E-state index contributed by atoms with van der Waals surface area (Å²) in [4.78, 5) is 23.7. The number of methoxy groups -OCH3 is 3. The standard InChI is InChI=1S/C19H20O6/c1-23-14-5-6-15(13(10-14)11-19(21)22)16(20)8-12-4-7-17(24-2)18(9-12)25-3/h4-7,9-10H,8,11H2,1-3H3,(H,21,22). The predicted molar refractivity (Wildman–Crippen MR) is 91.9 cm³/mol. The zero-order valence-electron chi connectivity index (χ0n) is 14.4. The Morgan fingerprint density at radius 1 is 0.880 bits per heavy atom. The zero-order valence-corrected chi connectivity index (χ0v) is 14.4. The van der Waals surface area contributed by atoms with Gasteiger partial charge in [-0.05, 0) is 41.5 Å². The molecule has 132 valence electrons. The van der Waals surface area contributed by atoms with Crippen LogP contribution in [0.1, 0.15) is 21.5 Å². The highest BCUT2D eigenvalue weighted by atomic mass is 16.5. The summed E-state index contributed by atoms with van der Waals surface area (Å²) >= 11 is 0. The van der Waals surface area contributed by atoms with Crippen molar-refractivity contribution in [2.45, 2.75) is 12.8 Å². The lowest BCUT2D eigenvalue weighted by atomic mass is 9.96. The first-order valence-corrected chi connectivity index (χ1v) is 7.61. The summed E-state index contributed by atoms with van der Waals surface area (Å²) in [5, 5.41) is 9.07. The van der Waals surface area contributed by atoms with E-state index in [1.807, 2.05) is 0 Å². The second-order valence-corrected chi connectivity index (χ2v) is 5.38. The predicted octanol–water partition coefficient (Wildman–Crippen LogP) is 2.76. The molecule has 0 heterocycles. The third-order valence-electron chi connectivity index (χ3n) is 3.77. The Morgan fingerprint density at radius 3 is 2.20 bits per heavy atom. The van der Waals surface area contributed by atoms with Crippen LogP contribution in [0.3, 0.4) is 0 Å². The molecule has 25 heavy (non-hydrogen) atoms. The lowest BCUT2D eigenvalue weighted by Crippen LogP contribution is -2.11. The molecule has 6 nitrogen and oxygen atoms in total. The molecule has 0 unspecified atom stereocenters. The van der Waals surface area contributed by atoms with Gasteiger partial charge in [-0.1, -0.05) is 6.07 Å². The van der Waals surface area contributed by atoms with Crippen molar-refractivity contribution in [3.63, 3.8) is 0 Å². The van der Waals surface area contributed by atoms with Crippen molar-refractivity contribution in [3.05, 3.63) is 53.1 Å². The SMILES string of the molecule is COc1ccc(C(=O)Cc2ccc(OC)c(OC)c2)c(CC(=O)O)c1. The summed E-state index contributed by atoms with van der Waals surface area (Å²) in [5.41, 5.74) is 1.55. The van der Waals surface area contributed by atoms with Crippen molar-refractivity contribution in [2.24, 2.45) is 0 Å². The van der Waals surface area contributed by atoms with Gasteiger partial charge in [-0.2, -0.15) is 0 Å². The molecule has 0 aliphatic carbocycles. The number of aliphatic carboxylic acids is 1. The number of rotatable bonds is 8. The topological polar surface area (TPSA) is 82.1 Å². The normalized spacial score (nSPS) is 10.2. The van der Waals surface area contributed by atoms with Crippen molar-refractivity contribution in [2.75, 3.05) is 21.3 Å². The van der Waals surface area contributed by atoms with E-state index in [1.165, 1.54) is 21.3 Å². The molecule has 1 N–H and O–H groups in total. The van der Waals surface area contributed by atoms with E-state index < -0.39 is 5.97 Å². The van der Waals surface area contributed by atoms with Crippen LogP contribution in [0.15, 0.2) is 36.4 Å². The van der Waals surface area contributed by atoms with Crippen LogP contribution < -0.4 is 14.2 Å². The van der Waals surface area contributed by atoms with Gasteiger partial charge in [-0.15, -0.1) is 0 Å². The quantitative estimate of drug-likeness (QED) is 0.742. The smallest absolute Gasteiger partial charge is 0.307 e. The minimum absolute atomic E-state index is 0.124. The van der Waals surface area contributed by atoms with Gasteiger partial charge in [0, 0.05) is 12.0 Å². The van der Waals surface area contributed by atoms with Crippen molar-refractivity contribution in [1.29, 1.82) is 0 Å². The first kappa shape index (κ1) is 18.3. The third kappa shape index (κ3) is 4.50. The fourth-order valence-corrected chi connectivity index (χ4v) is 2.55. The van der Waals surface area contributed by atoms with Crippen molar-refractivity contribution < 1.29 is 28.9 Å². The number of benzene rings is 2.